The molecule has 0 aliphatic heterocycles. The van der Waals surface area contributed by atoms with Gasteiger partial charge >= 0.3 is 0 Å². The van der Waals surface area contributed by atoms with E-state index in [1.807, 2.05) is 16.8 Å². The number of H-pyrrole nitrogens is 1. The molecule has 0 radical (unpaired) electrons. The molecule has 0 fully saturated rings. The second kappa shape index (κ2) is 4.01. The van der Waals surface area contributed by atoms with Crippen LogP contribution in [0.1, 0.15) is 50.8 Å². The summed E-state index contributed by atoms with van der Waals surface area (Å²) in [4.78, 5) is 4.68. The predicted molar refractivity (Wildman–Crippen MR) is 68.6 cm³/mol. The summed E-state index contributed by atoms with van der Waals surface area (Å²) in [6.45, 7) is 8.59. The Labute approximate surface area is 101 Å². The van der Waals surface area contributed by atoms with Crippen LogP contribution in [0.5, 0.6) is 0 Å². The van der Waals surface area contributed by atoms with Crippen molar-refractivity contribution in [2.24, 2.45) is 0 Å². The minimum absolute atomic E-state index is 0.404. The fraction of sp³-hybridized carbons (Fsp3) is 0.500. The first-order valence-corrected chi connectivity index (χ1v) is 6.02. The van der Waals surface area contributed by atoms with Gasteiger partial charge in [0.05, 0.1) is 0 Å². The first kappa shape index (κ1) is 11.3. The van der Waals surface area contributed by atoms with Gasteiger partial charge in [-0.25, -0.2) is 9.50 Å². The molecule has 2 heterocycles. The third-order valence-corrected chi connectivity index (χ3v) is 3.06. The van der Waals surface area contributed by atoms with Crippen LogP contribution in [0, 0.1) is 4.64 Å². The van der Waals surface area contributed by atoms with Gasteiger partial charge in [0.1, 0.15) is 4.64 Å². The minimum Gasteiger partial charge on any atom is -0.298 e. The molecular formula is C12H17N3S. The number of rotatable bonds is 2. The van der Waals surface area contributed by atoms with E-state index < -0.39 is 0 Å². The smallest absolute Gasteiger partial charge is 0.158 e. The molecular weight excluding hydrogens is 218 g/mol. The van der Waals surface area contributed by atoms with Gasteiger partial charge in [-0.3, -0.25) is 5.10 Å². The van der Waals surface area contributed by atoms with Crippen molar-refractivity contribution in [2.45, 2.75) is 39.5 Å². The molecule has 86 valence electrons. The lowest BCUT2D eigenvalue weighted by Crippen LogP contribution is -2.00. The minimum atomic E-state index is 0.404. The Morgan fingerprint density at radius 2 is 1.94 bits per heavy atom. The molecule has 0 amide bonds. The van der Waals surface area contributed by atoms with Crippen LogP contribution in [0.4, 0.5) is 0 Å². The van der Waals surface area contributed by atoms with Crippen molar-refractivity contribution in [1.82, 2.24) is 14.6 Å². The largest absolute Gasteiger partial charge is 0.298 e. The summed E-state index contributed by atoms with van der Waals surface area (Å²) in [5.74, 6) is 0.854. The van der Waals surface area contributed by atoms with Gasteiger partial charge < -0.3 is 0 Å². The van der Waals surface area contributed by atoms with E-state index in [4.69, 9.17) is 12.2 Å². The maximum Gasteiger partial charge on any atom is 0.158 e. The van der Waals surface area contributed by atoms with Crippen molar-refractivity contribution in [2.75, 3.05) is 0 Å². The molecule has 0 spiro atoms. The molecule has 0 aliphatic rings. The van der Waals surface area contributed by atoms with Crippen molar-refractivity contribution in [3.8, 4) is 0 Å². The zero-order valence-electron chi connectivity index (χ0n) is 10.1. The van der Waals surface area contributed by atoms with Gasteiger partial charge in [-0.1, -0.05) is 39.9 Å². The zero-order valence-corrected chi connectivity index (χ0v) is 10.9. The van der Waals surface area contributed by atoms with Crippen molar-refractivity contribution < 1.29 is 0 Å². The van der Waals surface area contributed by atoms with Gasteiger partial charge in [0.25, 0.3) is 0 Å². The Morgan fingerprint density at radius 3 is 2.50 bits per heavy atom. The first-order valence-electron chi connectivity index (χ1n) is 5.61. The lowest BCUT2D eigenvalue weighted by Gasteiger charge is -2.07. The van der Waals surface area contributed by atoms with Crippen molar-refractivity contribution >= 4 is 17.9 Å². The van der Waals surface area contributed by atoms with Crippen molar-refractivity contribution in [3.63, 3.8) is 0 Å². The maximum absolute atomic E-state index is 5.35. The highest BCUT2D eigenvalue weighted by Gasteiger charge is 2.11. The molecule has 3 nitrogen and oxygen atoms in total. The van der Waals surface area contributed by atoms with E-state index in [1.54, 1.807) is 0 Å². The summed E-state index contributed by atoms with van der Waals surface area (Å²) >= 11 is 5.35. The lowest BCUT2D eigenvalue weighted by atomic mass is 10.1. The highest BCUT2D eigenvalue weighted by atomic mass is 32.1. The van der Waals surface area contributed by atoms with Crippen LogP contribution in [-0.4, -0.2) is 14.6 Å². The fourth-order valence-electron chi connectivity index (χ4n) is 1.74. The molecule has 4 heteroatoms. The van der Waals surface area contributed by atoms with Gasteiger partial charge in [-0.05, 0) is 17.9 Å². The van der Waals surface area contributed by atoms with E-state index in [2.05, 4.69) is 37.8 Å². The molecule has 0 aliphatic carbocycles. The number of aromatic amines is 1. The molecule has 16 heavy (non-hydrogen) atoms. The molecule has 0 aromatic carbocycles. The summed E-state index contributed by atoms with van der Waals surface area (Å²) in [7, 11) is 0. The van der Waals surface area contributed by atoms with Gasteiger partial charge in [0.2, 0.25) is 0 Å². The molecule has 1 N–H and O–H groups in total. The van der Waals surface area contributed by atoms with Gasteiger partial charge in [-0.15, -0.1) is 0 Å². The number of aromatic nitrogens is 3. The normalized spacial score (nSPS) is 11.9. The second-order valence-electron chi connectivity index (χ2n) is 4.72. The molecule has 0 saturated carbocycles. The van der Waals surface area contributed by atoms with E-state index in [0.717, 1.165) is 16.0 Å². The molecule has 2 rings (SSSR count). The summed E-state index contributed by atoms with van der Waals surface area (Å²) in [5, 5.41) is 3.15. The molecule has 0 saturated heterocycles. The lowest BCUT2D eigenvalue weighted by molar-refractivity contribution is 0.800. The zero-order chi connectivity index (χ0) is 11.9. The summed E-state index contributed by atoms with van der Waals surface area (Å²) in [6.07, 6.45) is 1.99. The number of fused-ring (bicyclic) bond motifs is 1. The SMILES string of the molecule is CC(C)c1cc(=S)n2[nH]cc(C(C)C)c2n1. The highest BCUT2D eigenvalue weighted by molar-refractivity contribution is 7.71. The fourth-order valence-corrected chi connectivity index (χ4v) is 2.00. The topological polar surface area (TPSA) is 33.1 Å². The average molecular weight is 235 g/mol. The Morgan fingerprint density at radius 1 is 1.25 bits per heavy atom. The van der Waals surface area contributed by atoms with Crippen LogP contribution >= 0.6 is 12.2 Å². The molecule has 0 unspecified atom stereocenters. The third kappa shape index (κ3) is 1.78. The van der Waals surface area contributed by atoms with E-state index >= 15 is 0 Å². The Balaban J connectivity index is 2.76. The van der Waals surface area contributed by atoms with E-state index in [9.17, 15) is 0 Å². The second-order valence-corrected chi connectivity index (χ2v) is 5.13. The number of nitrogens with one attached hydrogen (secondary N) is 1. The summed E-state index contributed by atoms with van der Waals surface area (Å²) in [6, 6.07) is 1.97. The average Bonchev–Trinajstić information content (AvgIpc) is 2.61. The van der Waals surface area contributed by atoms with Crippen LogP contribution in [-0.2, 0) is 0 Å². The molecule has 2 aromatic heterocycles. The van der Waals surface area contributed by atoms with E-state index in [0.29, 0.717) is 11.8 Å². The van der Waals surface area contributed by atoms with Crippen LogP contribution in [0.15, 0.2) is 12.3 Å². The van der Waals surface area contributed by atoms with Gasteiger partial charge in [0.15, 0.2) is 5.65 Å². The first-order chi connectivity index (χ1) is 7.50. The number of hydrogen-bond acceptors (Lipinski definition) is 2. The van der Waals surface area contributed by atoms with Crippen LogP contribution in [0.3, 0.4) is 0 Å². The maximum atomic E-state index is 5.35. The quantitative estimate of drug-likeness (QED) is 0.806. The van der Waals surface area contributed by atoms with Crippen LogP contribution in [0.25, 0.3) is 5.65 Å². The van der Waals surface area contributed by atoms with E-state index in [1.165, 1.54) is 5.56 Å². The van der Waals surface area contributed by atoms with E-state index in [-0.39, 0.29) is 0 Å². The molecule has 2 aromatic rings. The molecule has 0 atom stereocenters. The third-order valence-electron chi connectivity index (χ3n) is 2.76. The van der Waals surface area contributed by atoms with Gasteiger partial charge in [0, 0.05) is 17.5 Å². The van der Waals surface area contributed by atoms with Crippen LogP contribution in [0.2, 0.25) is 0 Å². The van der Waals surface area contributed by atoms with Crippen LogP contribution < -0.4 is 0 Å². The molecule has 0 bridgehead atoms. The monoisotopic (exact) mass is 235 g/mol. The Bertz CT molecular complexity index is 563. The van der Waals surface area contributed by atoms with Crippen molar-refractivity contribution in [1.29, 1.82) is 0 Å². The Hall–Kier alpha value is -1.16. The highest BCUT2D eigenvalue weighted by Crippen LogP contribution is 2.21. The summed E-state index contributed by atoms with van der Waals surface area (Å²) in [5.41, 5.74) is 3.24. The standard InChI is InChI=1S/C12H17N3S/c1-7(2)9-6-13-15-11(16)5-10(8(3)4)14-12(9)15/h5-8,13H,1-4H3. The van der Waals surface area contributed by atoms with Crippen molar-refractivity contribution in [3.05, 3.63) is 28.2 Å². The predicted octanol–water partition coefficient (Wildman–Crippen LogP) is 3.64. The Kier molecular flexibility index (Phi) is 2.84. The summed E-state index contributed by atoms with van der Waals surface area (Å²) < 4.78 is 2.66. The van der Waals surface area contributed by atoms with Gasteiger partial charge in [-0.2, -0.15) is 0 Å². The number of nitrogens with zero attached hydrogens (tertiary/aromatic N) is 2. The number of hydrogen-bond donors (Lipinski definition) is 1.